The molecule has 1 unspecified atom stereocenters. The van der Waals surface area contributed by atoms with E-state index in [-0.39, 0.29) is 29.3 Å². The van der Waals surface area contributed by atoms with E-state index in [9.17, 15) is 14.4 Å². The smallest absolute Gasteiger partial charge is 0.250 e. The topological polar surface area (TPSA) is 62.6 Å². The number of carbonyl (C=O) groups excluding carboxylic acids is 2. The van der Waals surface area contributed by atoms with E-state index < -0.39 is 0 Å². The highest BCUT2D eigenvalue weighted by Crippen LogP contribution is 2.39. The molecular formula is C20H29N3O3. The third-order valence-corrected chi connectivity index (χ3v) is 5.75. The number of likely N-dealkylation sites (tertiary alicyclic amines) is 2. The van der Waals surface area contributed by atoms with Crippen LogP contribution in [0.3, 0.4) is 0 Å². The van der Waals surface area contributed by atoms with Gasteiger partial charge in [-0.1, -0.05) is 19.4 Å². The van der Waals surface area contributed by atoms with Crippen molar-refractivity contribution in [1.82, 2.24) is 14.4 Å². The van der Waals surface area contributed by atoms with Gasteiger partial charge in [-0.3, -0.25) is 14.4 Å². The third kappa shape index (κ3) is 4.17. The molecule has 3 heterocycles. The van der Waals surface area contributed by atoms with Crippen molar-refractivity contribution in [2.45, 2.75) is 52.0 Å². The molecule has 0 radical (unpaired) electrons. The second kappa shape index (κ2) is 8.06. The Morgan fingerprint density at radius 2 is 2.04 bits per heavy atom. The molecule has 0 aliphatic carbocycles. The number of rotatable bonds is 5. The predicted molar refractivity (Wildman–Crippen MR) is 99.7 cm³/mol. The first-order chi connectivity index (χ1) is 12.5. The van der Waals surface area contributed by atoms with Crippen molar-refractivity contribution in [3.8, 4) is 0 Å². The molecule has 1 spiro atoms. The monoisotopic (exact) mass is 359 g/mol. The Labute approximate surface area is 154 Å². The maximum Gasteiger partial charge on any atom is 0.250 e. The van der Waals surface area contributed by atoms with Crippen molar-refractivity contribution in [3.63, 3.8) is 0 Å². The zero-order valence-electron chi connectivity index (χ0n) is 15.7. The molecule has 2 amide bonds. The molecule has 0 saturated carbocycles. The fourth-order valence-corrected chi connectivity index (χ4v) is 4.25. The number of pyridine rings is 1. The first kappa shape index (κ1) is 18.7. The second-order valence-electron chi connectivity index (χ2n) is 7.75. The van der Waals surface area contributed by atoms with Crippen LogP contribution in [0.15, 0.2) is 29.2 Å². The molecule has 2 fully saturated rings. The van der Waals surface area contributed by atoms with Gasteiger partial charge in [0.2, 0.25) is 11.8 Å². The highest BCUT2D eigenvalue weighted by molar-refractivity contribution is 5.78. The first-order valence-electron chi connectivity index (χ1n) is 9.74. The molecule has 6 nitrogen and oxygen atoms in total. The number of aromatic nitrogens is 1. The van der Waals surface area contributed by atoms with Gasteiger partial charge in [-0.15, -0.1) is 0 Å². The summed E-state index contributed by atoms with van der Waals surface area (Å²) in [5.74, 6) is 0.248. The van der Waals surface area contributed by atoms with Crippen LogP contribution in [0.4, 0.5) is 0 Å². The molecule has 0 bridgehead atoms. The van der Waals surface area contributed by atoms with Gasteiger partial charge in [0.15, 0.2) is 0 Å². The van der Waals surface area contributed by atoms with Crippen LogP contribution in [0.2, 0.25) is 0 Å². The van der Waals surface area contributed by atoms with Gasteiger partial charge < -0.3 is 14.4 Å². The van der Waals surface area contributed by atoms with E-state index >= 15 is 0 Å². The maximum atomic E-state index is 12.7. The number of hydrogen-bond acceptors (Lipinski definition) is 3. The lowest BCUT2D eigenvalue weighted by Crippen LogP contribution is -2.55. The molecule has 1 atom stereocenters. The Balaban J connectivity index is 1.66. The van der Waals surface area contributed by atoms with Crippen molar-refractivity contribution >= 4 is 11.8 Å². The quantitative estimate of drug-likeness (QED) is 0.806. The summed E-state index contributed by atoms with van der Waals surface area (Å²) in [7, 11) is 0. The number of unbranched alkanes of at least 4 members (excludes halogenated alkanes) is 1. The van der Waals surface area contributed by atoms with Gasteiger partial charge in [0, 0.05) is 50.3 Å². The van der Waals surface area contributed by atoms with Crippen LogP contribution in [-0.4, -0.2) is 52.4 Å². The van der Waals surface area contributed by atoms with Crippen LogP contribution in [0, 0.1) is 5.41 Å². The van der Waals surface area contributed by atoms with Crippen molar-refractivity contribution in [2.75, 3.05) is 26.2 Å². The number of carbonyl (C=O) groups is 2. The van der Waals surface area contributed by atoms with Gasteiger partial charge in [-0.2, -0.15) is 0 Å². The molecule has 6 heteroatoms. The van der Waals surface area contributed by atoms with Crippen molar-refractivity contribution in [1.29, 1.82) is 0 Å². The zero-order valence-corrected chi connectivity index (χ0v) is 15.7. The standard InChI is InChI=1S/C20H29N3O3/c1-2-3-11-22-15-20(10-8-18(22)25)9-6-13-23(16-20)19(26)14-21-12-5-4-7-17(21)24/h4-5,7,12H,2-3,6,8-11,13-16H2,1H3. The van der Waals surface area contributed by atoms with Crippen LogP contribution in [0.5, 0.6) is 0 Å². The van der Waals surface area contributed by atoms with Gasteiger partial charge in [0.05, 0.1) is 0 Å². The lowest BCUT2D eigenvalue weighted by molar-refractivity contribution is -0.143. The van der Waals surface area contributed by atoms with Crippen LogP contribution in [-0.2, 0) is 16.1 Å². The average Bonchev–Trinajstić information content (AvgIpc) is 2.65. The van der Waals surface area contributed by atoms with Crippen molar-refractivity contribution < 1.29 is 9.59 Å². The average molecular weight is 359 g/mol. The van der Waals surface area contributed by atoms with Gasteiger partial charge in [0.25, 0.3) is 5.56 Å². The largest absolute Gasteiger partial charge is 0.342 e. The summed E-state index contributed by atoms with van der Waals surface area (Å²) in [6.45, 7) is 5.25. The first-order valence-corrected chi connectivity index (χ1v) is 9.74. The minimum absolute atomic E-state index is 0.00520. The fraction of sp³-hybridized carbons (Fsp3) is 0.650. The SMILES string of the molecule is CCCCN1CC2(CCCN(C(=O)Cn3ccccc3=O)C2)CCC1=O. The van der Waals surface area contributed by atoms with Crippen LogP contribution < -0.4 is 5.56 Å². The predicted octanol–water partition coefficient (Wildman–Crippen LogP) is 1.88. The van der Waals surface area contributed by atoms with Gasteiger partial charge in [-0.25, -0.2) is 0 Å². The summed E-state index contributed by atoms with van der Waals surface area (Å²) in [5, 5.41) is 0. The summed E-state index contributed by atoms with van der Waals surface area (Å²) < 4.78 is 1.46. The highest BCUT2D eigenvalue weighted by atomic mass is 16.2. The van der Waals surface area contributed by atoms with E-state index in [0.717, 1.165) is 51.7 Å². The normalized spacial score (nSPS) is 23.5. The van der Waals surface area contributed by atoms with Crippen LogP contribution in [0.1, 0.15) is 45.4 Å². The Morgan fingerprint density at radius 1 is 1.19 bits per heavy atom. The molecule has 0 N–H and O–H groups in total. The molecule has 2 aliphatic rings. The Kier molecular flexibility index (Phi) is 5.79. The Morgan fingerprint density at radius 3 is 2.81 bits per heavy atom. The number of hydrogen-bond donors (Lipinski definition) is 0. The summed E-state index contributed by atoms with van der Waals surface area (Å²) in [6.07, 6.45) is 7.25. The third-order valence-electron chi connectivity index (χ3n) is 5.75. The number of nitrogens with zero attached hydrogens (tertiary/aromatic N) is 3. The van der Waals surface area contributed by atoms with E-state index in [1.165, 1.54) is 10.6 Å². The molecule has 3 rings (SSSR count). The Bertz CT molecular complexity index is 714. The van der Waals surface area contributed by atoms with E-state index in [0.29, 0.717) is 13.0 Å². The molecule has 2 aliphatic heterocycles. The molecule has 26 heavy (non-hydrogen) atoms. The molecule has 0 aromatic carbocycles. The lowest BCUT2D eigenvalue weighted by Gasteiger charge is -2.48. The van der Waals surface area contributed by atoms with Crippen molar-refractivity contribution in [3.05, 3.63) is 34.7 Å². The zero-order chi connectivity index (χ0) is 18.6. The molecule has 1 aromatic rings. The molecule has 2 saturated heterocycles. The van der Waals surface area contributed by atoms with Gasteiger partial charge in [0.1, 0.15) is 6.54 Å². The summed E-state index contributed by atoms with van der Waals surface area (Å²) in [4.78, 5) is 40.7. The summed E-state index contributed by atoms with van der Waals surface area (Å²) in [5.41, 5.74) is -0.126. The van der Waals surface area contributed by atoms with Crippen LogP contribution >= 0.6 is 0 Å². The van der Waals surface area contributed by atoms with E-state index in [1.54, 1.807) is 18.3 Å². The summed E-state index contributed by atoms with van der Waals surface area (Å²) in [6, 6.07) is 4.93. The lowest BCUT2D eigenvalue weighted by atomic mass is 9.73. The summed E-state index contributed by atoms with van der Waals surface area (Å²) >= 11 is 0. The van der Waals surface area contributed by atoms with Crippen molar-refractivity contribution in [2.24, 2.45) is 5.41 Å². The van der Waals surface area contributed by atoms with E-state index in [2.05, 4.69) is 6.92 Å². The highest BCUT2D eigenvalue weighted by Gasteiger charge is 2.42. The van der Waals surface area contributed by atoms with Gasteiger partial charge in [-0.05, 0) is 31.7 Å². The molecule has 1 aromatic heterocycles. The second-order valence-corrected chi connectivity index (χ2v) is 7.75. The fourth-order valence-electron chi connectivity index (χ4n) is 4.25. The van der Waals surface area contributed by atoms with Gasteiger partial charge >= 0.3 is 0 Å². The molecule has 142 valence electrons. The minimum atomic E-state index is -0.151. The number of amides is 2. The number of piperidine rings is 2. The van der Waals surface area contributed by atoms with E-state index in [1.807, 2.05) is 9.80 Å². The molecular weight excluding hydrogens is 330 g/mol. The van der Waals surface area contributed by atoms with Crippen LogP contribution in [0.25, 0.3) is 0 Å². The van der Waals surface area contributed by atoms with E-state index in [4.69, 9.17) is 0 Å². The Hall–Kier alpha value is -2.11. The minimum Gasteiger partial charge on any atom is -0.342 e. The maximum absolute atomic E-state index is 12.7.